The third-order valence-corrected chi connectivity index (χ3v) is 6.12. The molecule has 4 aromatic rings. The number of pyridine rings is 1. The third-order valence-electron chi connectivity index (χ3n) is 6.12. The molecule has 1 atom stereocenters. The van der Waals surface area contributed by atoms with Crippen LogP contribution in [-0.2, 0) is 16.1 Å². The van der Waals surface area contributed by atoms with Gasteiger partial charge in [0.2, 0.25) is 17.3 Å². The van der Waals surface area contributed by atoms with Crippen LogP contribution >= 0.6 is 0 Å². The molecule has 2 aliphatic rings. The van der Waals surface area contributed by atoms with E-state index in [2.05, 4.69) is 20.6 Å². The monoisotopic (exact) mass is 543 g/mol. The molecule has 5 heterocycles. The number of fused-ring (bicyclic) bond motifs is 4. The van der Waals surface area contributed by atoms with E-state index in [-0.39, 0.29) is 36.2 Å². The van der Waals surface area contributed by atoms with Crippen molar-refractivity contribution < 1.29 is 28.0 Å². The number of nitriles is 1. The van der Waals surface area contributed by atoms with Gasteiger partial charge in [-0.05, 0) is 51.5 Å². The Hall–Kier alpha value is -5.22. The fraction of sp³-hybridized carbons (Fsp3) is 0.259. The van der Waals surface area contributed by atoms with E-state index in [1.807, 2.05) is 32.1 Å². The van der Waals surface area contributed by atoms with Crippen LogP contribution in [0, 0.1) is 11.3 Å². The minimum atomic E-state index is -1.73. The molecule has 0 fully saturated rings. The molecule has 0 aliphatic carbocycles. The van der Waals surface area contributed by atoms with Crippen molar-refractivity contribution in [2.24, 2.45) is 0 Å². The van der Waals surface area contributed by atoms with Crippen molar-refractivity contribution >= 4 is 34.8 Å². The highest BCUT2D eigenvalue weighted by molar-refractivity contribution is 6.06. The van der Waals surface area contributed by atoms with Crippen molar-refractivity contribution in [3.8, 4) is 23.3 Å². The minimum Gasteiger partial charge on any atom is -0.484 e. The standard InChI is InChI=1S/C24H16N6O6.C3H9N/c25-9-14-11-34-21(28-14)13-3-4-15-18(8-13)36-20-19(15)35-12-24(30(6-7-31)22(20)32)23(33)27-10-17-16(29-24)2-1-5-26-17;1-4(2)3/h1-5,7-8,11,29H,6,10,12H2,(H,27,33);1-3H3. The van der Waals surface area contributed by atoms with E-state index in [1.165, 1.54) is 6.26 Å². The molecule has 1 unspecified atom stereocenters. The van der Waals surface area contributed by atoms with Gasteiger partial charge >= 0.3 is 0 Å². The molecule has 1 spiro atoms. The number of rotatable bonds is 3. The lowest BCUT2D eigenvalue weighted by Gasteiger charge is -2.39. The van der Waals surface area contributed by atoms with Gasteiger partial charge in [0.05, 0.1) is 29.9 Å². The Morgan fingerprint density at radius 2 is 2.05 bits per heavy atom. The number of carbonyl (C=O) groups excluding carboxylic acids is 3. The first kappa shape index (κ1) is 26.4. The summed E-state index contributed by atoms with van der Waals surface area (Å²) in [5.41, 5.74) is 0.323. The van der Waals surface area contributed by atoms with Crippen molar-refractivity contribution in [2.45, 2.75) is 12.2 Å². The lowest BCUT2D eigenvalue weighted by molar-refractivity contribution is -0.132. The molecule has 13 heteroatoms. The largest absolute Gasteiger partial charge is 0.484 e. The maximum Gasteiger partial charge on any atom is 0.296 e. The lowest BCUT2D eigenvalue weighted by Crippen LogP contribution is -2.67. The van der Waals surface area contributed by atoms with Crippen LogP contribution in [0.25, 0.3) is 22.4 Å². The maximum absolute atomic E-state index is 13.7. The minimum absolute atomic E-state index is 0.125. The number of furan rings is 1. The Bertz CT molecular complexity index is 1650. The first-order valence-corrected chi connectivity index (χ1v) is 12.2. The predicted octanol–water partition coefficient (Wildman–Crippen LogP) is 2.00. The van der Waals surface area contributed by atoms with Crippen molar-refractivity contribution in [1.29, 1.82) is 5.26 Å². The number of aldehydes is 1. The van der Waals surface area contributed by atoms with Gasteiger partial charge < -0.3 is 33.9 Å². The molecule has 40 heavy (non-hydrogen) atoms. The van der Waals surface area contributed by atoms with Crippen molar-refractivity contribution in [3.63, 3.8) is 0 Å². The first-order chi connectivity index (χ1) is 19.3. The second-order valence-electron chi connectivity index (χ2n) is 9.50. The van der Waals surface area contributed by atoms with Gasteiger partial charge in [-0.2, -0.15) is 10.2 Å². The first-order valence-electron chi connectivity index (χ1n) is 12.2. The van der Waals surface area contributed by atoms with Gasteiger partial charge in [0.25, 0.3) is 11.8 Å². The number of amides is 2. The highest BCUT2D eigenvalue weighted by atomic mass is 16.5. The van der Waals surface area contributed by atoms with Gasteiger partial charge in [0, 0.05) is 11.8 Å². The van der Waals surface area contributed by atoms with Crippen molar-refractivity contribution in [1.82, 2.24) is 25.1 Å². The number of benzene rings is 1. The Morgan fingerprint density at radius 3 is 2.77 bits per heavy atom. The van der Waals surface area contributed by atoms with E-state index in [9.17, 15) is 14.4 Å². The van der Waals surface area contributed by atoms with Crippen LogP contribution in [0.4, 0.5) is 5.69 Å². The molecule has 2 aliphatic heterocycles. The van der Waals surface area contributed by atoms with Crippen LogP contribution in [0.2, 0.25) is 0 Å². The van der Waals surface area contributed by atoms with E-state index in [1.54, 1.807) is 36.5 Å². The number of oxazole rings is 1. The number of carbonyl (C=O) groups is 3. The molecule has 204 valence electrons. The topological polar surface area (TPSA) is 167 Å². The number of nitrogens with one attached hydrogen (secondary N) is 2. The number of aromatic nitrogens is 2. The van der Waals surface area contributed by atoms with Crippen LogP contribution < -0.4 is 15.4 Å². The zero-order valence-corrected chi connectivity index (χ0v) is 21.9. The average molecular weight is 544 g/mol. The van der Waals surface area contributed by atoms with Crippen LogP contribution in [-0.4, -0.2) is 77.8 Å². The summed E-state index contributed by atoms with van der Waals surface area (Å²) in [6.07, 6.45) is 3.36. The smallest absolute Gasteiger partial charge is 0.296 e. The summed E-state index contributed by atoms with van der Waals surface area (Å²) in [7, 11) is 6.00. The second-order valence-corrected chi connectivity index (χ2v) is 9.50. The van der Waals surface area contributed by atoms with E-state index in [0.717, 1.165) is 4.90 Å². The molecule has 3 aromatic heterocycles. The maximum atomic E-state index is 13.7. The summed E-state index contributed by atoms with van der Waals surface area (Å²) in [6, 6.07) is 10.3. The quantitative estimate of drug-likeness (QED) is 0.363. The zero-order chi connectivity index (χ0) is 28.4. The number of nitrogens with zero attached hydrogens (tertiary/aromatic N) is 5. The summed E-state index contributed by atoms with van der Waals surface area (Å²) >= 11 is 0. The van der Waals surface area contributed by atoms with Gasteiger partial charge in [-0.3, -0.25) is 19.5 Å². The Labute approximate surface area is 228 Å². The van der Waals surface area contributed by atoms with E-state index in [0.29, 0.717) is 34.2 Å². The normalized spacial score (nSPS) is 17.8. The van der Waals surface area contributed by atoms with Crippen LogP contribution in [0.3, 0.4) is 0 Å². The fourth-order valence-corrected chi connectivity index (χ4v) is 4.39. The van der Waals surface area contributed by atoms with Gasteiger partial charge in [0.15, 0.2) is 11.4 Å². The van der Waals surface area contributed by atoms with Crippen LogP contribution in [0.1, 0.15) is 21.9 Å². The molecule has 0 radical (unpaired) electrons. The summed E-state index contributed by atoms with van der Waals surface area (Å²) in [5.74, 6) is -1.06. The van der Waals surface area contributed by atoms with Gasteiger partial charge in [-0.25, -0.2) is 0 Å². The van der Waals surface area contributed by atoms with Gasteiger partial charge in [-0.1, -0.05) is 0 Å². The summed E-state index contributed by atoms with van der Waals surface area (Å²) in [4.78, 5) is 50.2. The molecular weight excluding hydrogens is 518 g/mol. The van der Waals surface area contributed by atoms with Gasteiger partial charge in [0.1, 0.15) is 30.8 Å². The van der Waals surface area contributed by atoms with Gasteiger partial charge in [-0.15, -0.1) is 0 Å². The lowest BCUT2D eigenvalue weighted by atomic mass is 10.1. The van der Waals surface area contributed by atoms with E-state index >= 15 is 0 Å². The SMILES string of the molecule is CN(C)C.N#Cc1coc(-c2ccc3c4c(oc3c2)C(=O)N(CC=O)C2(CO4)Nc3cccnc3CNC2=O)n1. The molecule has 1 aromatic carbocycles. The number of hydrogen-bond donors (Lipinski definition) is 2. The number of ether oxygens (including phenoxy) is 1. The number of hydrogen-bond acceptors (Lipinski definition) is 11. The predicted molar refractivity (Wildman–Crippen MR) is 141 cm³/mol. The van der Waals surface area contributed by atoms with Crippen LogP contribution in [0.5, 0.6) is 5.75 Å². The third kappa shape index (κ3) is 4.61. The molecular formula is C27H25N7O6. The van der Waals surface area contributed by atoms with E-state index in [4.69, 9.17) is 18.8 Å². The van der Waals surface area contributed by atoms with Crippen molar-refractivity contribution in [2.75, 3.05) is 39.6 Å². The summed E-state index contributed by atoms with van der Waals surface area (Å²) < 4.78 is 17.3. The Morgan fingerprint density at radius 1 is 1.25 bits per heavy atom. The average Bonchev–Trinajstić information content (AvgIpc) is 3.51. The molecule has 6 rings (SSSR count). The highest BCUT2D eigenvalue weighted by Crippen LogP contribution is 2.40. The van der Waals surface area contributed by atoms with E-state index < -0.39 is 24.0 Å². The fourth-order valence-electron chi connectivity index (χ4n) is 4.39. The molecule has 0 bridgehead atoms. The van der Waals surface area contributed by atoms with Crippen LogP contribution in [0.15, 0.2) is 51.6 Å². The summed E-state index contributed by atoms with van der Waals surface area (Å²) in [5, 5.41) is 15.3. The second kappa shape index (κ2) is 10.5. The highest BCUT2D eigenvalue weighted by Gasteiger charge is 2.52. The molecule has 2 N–H and O–H groups in total. The zero-order valence-electron chi connectivity index (χ0n) is 21.9. The Balaban J connectivity index is 0.000000758. The number of anilines is 1. The van der Waals surface area contributed by atoms with Crippen molar-refractivity contribution in [3.05, 3.63) is 59.9 Å². The molecule has 2 amide bonds. The molecule has 0 saturated carbocycles. The summed E-state index contributed by atoms with van der Waals surface area (Å²) in [6.45, 7) is -0.564. The molecule has 0 saturated heterocycles. The molecule has 13 nitrogen and oxygen atoms in total. The Kier molecular flexibility index (Phi) is 6.93.